The number of furan rings is 2. The van der Waals surface area contributed by atoms with Gasteiger partial charge in [0.05, 0.1) is 6.54 Å². The predicted octanol–water partition coefficient (Wildman–Crippen LogP) is 8.50. The van der Waals surface area contributed by atoms with E-state index in [0.717, 1.165) is 66.3 Å². The van der Waals surface area contributed by atoms with Crippen LogP contribution in [0.3, 0.4) is 0 Å². The number of hydrogen-bond acceptors (Lipinski definition) is 6. The maximum absolute atomic E-state index is 6.21. The molecule has 0 aliphatic carbocycles. The Morgan fingerprint density at radius 1 is 0.524 bits per heavy atom. The summed E-state index contributed by atoms with van der Waals surface area (Å²) < 4.78 is 12.4. The van der Waals surface area contributed by atoms with Crippen LogP contribution in [0.1, 0.15) is 17.1 Å². The van der Waals surface area contributed by atoms with E-state index in [1.54, 1.807) is 0 Å². The van der Waals surface area contributed by atoms with Crippen molar-refractivity contribution in [3.05, 3.63) is 133 Å². The van der Waals surface area contributed by atoms with Crippen LogP contribution in [-0.2, 0) is 6.54 Å². The zero-order chi connectivity index (χ0) is 27.6. The summed E-state index contributed by atoms with van der Waals surface area (Å²) in [6.45, 7) is 0.603. The van der Waals surface area contributed by atoms with E-state index in [1.807, 2.05) is 60.8 Å². The van der Waals surface area contributed by atoms with Crippen LogP contribution >= 0.6 is 0 Å². The largest absolute Gasteiger partial charge is 0.459 e. The van der Waals surface area contributed by atoms with Gasteiger partial charge in [0.25, 0.3) is 0 Å². The summed E-state index contributed by atoms with van der Waals surface area (Å²) in [5.74, 6) is 2.62. The van der Waals surface area contributed by atoms with Crippen molar-refractivity contribution in [2.75, 3.05) is 0 Å². The van der Waals surface area contributed by atoms with E-state index < -0.39 is 0 Å². The molecule has 198 valence electrons. The second-order valence-corrected chi connectivity index (χ2v) is 10.5. The average molecular weight is 543 g/mol. The lowest BCUT2D eigenvalue weighted by Crippen LogP contribution is -2.14. The highest BCUT2D eigenvalue weighted by Crippen LogP contribution is 2.37. The Kier molecular flexibility index (Phi) is 4.86. The summed E-state index contributed by atoms with van der Waals surface area (Å²) in [7, 11) is 0. The molecule has 6 nitrogen and oxygen atoms in total. The van der Waals surface area contributed by atoms with E-state index in [4.69, 9.17) is 23.8 Å². The number of aromatic nitrogens is 3. The summed E-state index contributed by atoms with van der Waals surface area (Å²) in [4.78, 5) is 15.1. The molecule has 1 aliphatic heterocycles. The van der Waals surface area contributed by atoms with Crippen molar-refractivity contribution in [1.29, 1.82) is 0 Å². The molecule has 0 bridgehead atoms. The lowest BCUT2D eigenvalue weighted by Gasteiger charge is -2.15. The average Bonchev–Trinajstić information content (AvgIpc) is 3.62. The van der Waals surface area contributed by atoms with Crippen molar-refractivity contribution in [3.8, 4) is 22.8 Å². The van der Waals surface area contributed by atoms with Gasteiger partial charge >= 0.3 is 0 Å². The number of nitrogens with one attached hydrogen (secondary N) is 1. The number of rotatable bonds is 3. The third kappa shape index (κ3) is 3.55. The molecule has 3 aromatic heterocycles. The summed E-state index contributed by atoms with van der Waals surface area (Å²) >= 11 is 0. The Morgan fingerprint density at radius 2 is 1.17 bits per heavy atom. The molecule has 0 amide bonds. The molecular formula is C36H22N4O2. The van der Waals surface area contributed by atoms with Crippen LogP contribution in [0.25, 0.3) is 72.0 Å². The summed E-state index contributed by atoms with van der Waals surface area (Å²) in [5, 5.41) is 8.85. The van der Waals surface area contributed by atoms with E-state index in [0.29, 0.717) is 24.0 Å². The van der Waals surface area contributed by atoms with Crippen LogP contribution in [-0.4, -0.2) is 15.0 Å². The molecule has 0 saturated heterocycles. The summed E-state index contributed by atoms with van der Waals surface area (Å²) in [6.07, 6.45) is 1.98. The molecule has 8 aromatic rings. The third-order valence-electron chi connectivity index (χ3n) is 7.97. The minimum absolute atomic E-state index is 0.575. The van der Waals surface area contributed by atoms with Gasteiger partial charge in [-0.2, -0.15) is 0 Å². The molecule has 9 rings (SSSR count). The third-order valence-corrected chi connectivity index (χ3v) is 7.97. The van der Waals surface area contributed by atoms with Crippen LogP contribution in [0.5, 0.6) is 0 Å². The number of nitrogens with zero attached hydrogens (tertiary/aromatic N) is 3. The van der Waals surface area contributed by atoms with E-state index in [2.05, 4.69) is 59.9 Å². The smallest absolute Gasteiger partial charge is 0.166 e. The molecule has 1 aliphatic rings. The van der Waals surface area contributed by atoms with Gasteiger partial charge in [0.2, 0.25) is 0 Å². The van der Waals surface area contributed by atoms with Crippen molar-refractivity contribution >= 4 is 49.3 Å². The van der Waals surface area contributed by atoms with Gasteiger partial charge in [-0.15, -0.1) is 0 Å². The Labute approximate surface area is 240 Å². The highest BCUT2D eigenvalue weighted by atomic mass is 16.3. The fourth-order valence-electron chi connectivity index (χ4n) is 5.96. The molecule has 1 N–H and O–H groups in total. The normalized spacial score (nSPS) is 13.0. The van der Waals surface area contributed by atoms with E-state index in [-0.39, 0.29) is 0 Å². The fourth-order valence-corrected chi connectivity index (χ4v) is 5.96. The van der Waals surface area contributed by atoms with Crippen molar-refractivity contribution in [2.24, 2.45) is 0 Å². The van der Waals surface area contributed by atoms with E-state index in [1.165, 1.54) is 5.39 Å². The van der Waals surface area contributed by atoms with Gasteiger partial charge in [0, 0.05) is 44.6 Å². The van der Waals surface area contributed by atoms with Crippen LogP contribution < -0.4 is 5.32 Å². The molecular weight excluding hydrogens is 520 g/mol. The fraction of sp³-hybridized carbons (Fsp3) is 0.0278. The first-order valence-electron chi connectivity index (χ1n) is 13.9. The van der Waals surface area contributed by atoms with Crippen LogP contribution in [0, 0.1) is 0 Å². The van der Waals surface area contributed by atoms with Gasteiger partial charge in [-0.05, 0) is 41.1 Å². The molecule has 0 atom stereocenters. The van der Waals surface area contributed by atoms with Crippen molar-refractivity contribution in [3.63, 3.8) is 0 Å². The molecule has 0 saturated carbocycles. The maximum Gasteiger partial charge on any atom is 0.166 e. The number of fused-ring (bicyclic) bond motifs is 7. The second-order valence-electron chi connectivity index (χ2n) is 10.5. The van der Waals surface area contributed by atoms with Crippen molar-refractivity contribution in [1.82, 2.24) is 20.3 Å². The summed E-state index contributed by atoms with van der Waals surface area (Å²) in [6, 6.07) is 36.9. The zero-order valence-electron chi connectivity index (χ0n) is 22.3. The topological polar surface area (TPSA) is 77.0 Å². The SMILES string of the molecule is C1=C(c2nc(-c3ccc4ccccc4c3)nc(-c3ccc4c(c3)oc3ccccc34)n2)c2c(oc3ccccc23)CN1. The van der Waals surface area contributed by atoms with Gasteiger partial charge in [-0.25, -0.2) is 15.0 Å². The molecule has 5 aromatic carbocycles. The first kappa shape index (κ1) is 23.0. The quantitative estimate of drug-likeness (QED) is 0.241. The lowest BCUT2D eigenvalue weighted by molar-refractivity contribution is 0.531. The standard InChI is InChI=1S/C36H22N4O2/c1-2-8-22-17-23(14-13-21(22)7-1)34-38-35(24-15-16-26-25-9-3-5-11-29(25)41-31(26)18-24)40-36(39-34)28-19-37-20-32-33(28)27-10-4-6-12-30(27)42-32/h1-19,37H,20H2. The second kappa shape index (κ2) is 8.88. The molecule has 0 radical (unpaired) electrons. The van der Waals surface area contributed by atoms with Gasteiger partial charge in [0.15, 0.2) is 17.5 Å². The Balaban J connectivity index is 1.27. The van der Waals surface area contributed by atoms with Gasteiger partial charge in [0.1, 0.15) is 22.5 Å². The highest BCUT2D eigenvalue weighted by Gasteiger charge is 2.25. The molecule has 4 heterocycles. The molecule has 0 fully saturated rings. The van der Waals surface area contributed by atoms with Crippen LogP contribution in [0.2, 0.25) is 0 Å². The molecule has 0 unspecified atom stereocenters. The monoisotopic (exact) mass is 542 g/mol. The minimum Gasteiger partial charge on any atom is -0.459 e. The molecule has 0 spiro atoms. The first-order chi connectivity index (χ1) is 20.8. The van der Waals surface area contributed by atoms with E-state index in [9.17, 15) is 0 Å². The van der Waals surface area contributed by atoms with Crippen LogP contribution in [0.15, 0.2) is 124 Å². The Bertz CT molecular complexity index is 2380. The lowest BCUT2D eigenvalue weighted by atomic mass is 9.99. The van der Waals surface area contributed by atoms with E-state index >= 15 is 0 Å². The van der Waals surface area contributed by atoms with Gasteiger partial charge < -0.3 is 14.2 Å². The maximum atomic E-state index is 6.21. The molecule has 6 heteroatoms. The zero-order valence-corrected chi connectivity index (χ0v) is 22.3. The highest BCUT2D eigenvalue weighted by molar-refractivity contribution is 6.05. The number of hydrogen-bond donors (Lipinski definition) is 1. The minimum atomic E-state index is 0.575. The Morgan fingerprint density at radius 3 is 2.02 bits per heavy atom. The Hall–Kier alpha value is -5.75. The number of benzene rings is 5. The van der Waals surface area contributed by atoms with Crippen LogP contribution in [0.4, 0.5) is 0 Å². The summed E-state index contributed by atoms with van der Waals surface area (Å²) in [5.41, 5.74) is 6.16. The predicted molar refractivity (Wildman–Crippen MR) is 166 cm³/mol. The van der Waals surface area contributed by atoms with Crippen molar-refractivity contribution in [2.45, 2.75) is 6.54 Å². The molecule has 42 heavy (non-hydrogen) atoms. The van der Waals surface area contributed by atoms with Gasteiger partial charge in [-0.1, -0.05) is 78.9 Å². The van der Waals surface area contributed by atoms with Gasteiger partial charge in [-0.3, -0.25) is 0 Å². The first-order valence-corrected chi connectivity index (χ1v) is 13.9. The van der Waals surface area contributed by atoms with Crippen molar-refractivity contribution < 1.29 is 8.83 Å². The number of para-hydroxylation sites is 2.